The summed E-state index contributed by atoms with van der Waals surface area (Å²) in [5.41, 5.74) is 3.50. The number of nitrogens with one attached hydrogen (secondary N) is 1. The molecule has 3 aliphatic rings. The molecular formula is C39H46F3N7O4. The van der Waals surface area contributed by atoms with E-state index in [0.29, 0.717) is 67.3 Å². The van der Waals surface area contributed by atoms with Crippen LogP contribution in [-0.2, 0) is 9.53 Å². The maximum atomic E-state index is 14.0. The third kappa shape index (κ3) is 7.56. The zero-order chi connectivity index (χ0) is 37.3. The average molecular weight is 734 g/mol. The van der Waals surface area contributed by atoms with Crippen LogP contribution in [0.25, 0.3) is 39.0 Å². The van der Waals surface area contributed by atoms with E-state index in [1.54, 1.807) is 12.3 Å². The molecule has 0 radical (unpaired) electrons. The van der Waals surface area contributed by atoms with Gasteiger partial charge in [-0.15, -0.1) is 0 Å². The van der Waals surface area contributed by atoms with Crippen molar-refractivity contribution in [2.24, 2.45) is 5.41 Å². The van der Waals surface area contributed by atoms with Gasteiger partial charge in [-0.1, -0.05) is 25.3 Å². The highest BCUT2D eigenvalue weighted by atomic mass is 19.4. The second-order valence-electron chi connectivity index (χ2n) is 14.3. The minimum Gasteiger partial charge on any atom is -0.481 e. The Morgan fingerprint density at radius 1 is 1.08 bits per heavy atom. The second-order valence-corrected chi connectivity index (χ2v) is 14.3. The summed E-state index contributed by atoms with van der Waals surface area (Å²) in [5, 5.41) is 8.48. The van der Waals surface area contributed by atoms with E-state index >= 15 is 0 Å². The molecule has 2 aromatic heterocycles. The SMILES string of the molecule is C=CC(=O)N1CC2(CCN(c3nc(OC4CCN(CCOCC)CC4)nc4c(OCC(F)(F)F)c(-c5c(C)ccc6[nH]ncc56)c(C=C)cc34)CC2)C1. The first-order valence-corrected chi connectivity index (χ1v) is 18.3. The van der Waals surface area contributed by atoms with Gasteiger partial charge in [-0.2, -0.15) is 28.2 Å². The fraction of sp³-hybridized carbons (Fsp3) is 0.487. The van der Waals surface area contributed by atoms with Gasteiger partial charge in [-0.25, -0.2) is 0 Å². The number of carbonyl (C=O) groups is 1. The molecular weight excluding hydrogens is 687 g/mol. The van der Waals surface area contributed by atoms with Crippen LogP contribution >= 0.6 is 0 Å². The molecule has 3 fully saturated rings. The lowest BCUT2D eigenvalue weighted by molar-refractivity contribution is -0.153. The van der Waals surface area contributed by atoms with Crippen LogP contribution < -0.4 is 14.4 Å². The van der Waals surface area contributed by atoms with Gasteiger partial charge in [0, 0.05) is 74.2 Å². The van der Waals surface area contributed by atoms with E-state index in [-0.39, 0.29) is 34.7 Å². The number of aryl methyl sites for hydroxylation is 1. The van der Waals surface area contributed by atoms with Gasteiger partial charge in [0.15, 0.2) is 12.4 Å². The van der Waals surface area contributed by atoms with Crippen molar-refractivity contribution in [2.75, 3.05) is 70.5 Å². The highest BCUT2D eigenvalue weighted by Crippen LogP contribution is 2.48. The van der Waals surface area contributed by atoms with E-state index in [4.69, 9.17) is 24.2 Å². The second kappa shape index (κ2) is 15.0. The number of halogens is 3. The van der Waals surface area contributed by atoms with Crippen LogP contribution in [0, 0.1) is 12.3 Å². The smallest absolute Gasteiger partial charge is 0.422 e. The third-order valence-electron chi connectivity index (χ3n) is 10.8. The standard InChI is InChI=1S/C39H46F3N7O4/c1-5-26-20-28-34(35(52-24-39(40,41)42)33(26)32-25(4)8-9-30-29(32)21-43-46-30)44-37(53-27-10-14-47(15-11-27)18-19-51-7-3)45-36(28)48-16-12-38(13-17-48)22-49(23-38)31(50)6-2/h5-6,8-9,20-21,27H,1-2,7,10-19,22-24H2,3-4H3,(H,43,46). The van der Waals surface area contributed by atoms with E-state index in [0.717, 1.165) is 61.8 Å². The van der Waals surface area contributed by atoms with Gasteiger partial charge >= 0.3 is 12.2 Å². The van der Waals surface area contributed by atoms with E-state index in [1.165, 1.54) is 6.08 Å². The van der Waals surface area contributed by atoms with Crippen molar-refractivity contribution in [1.29, 1.82) is 0 Å². The lowest BCUT2D eigenvalue weighted by Crippen LogP contribution is -2.61. The van der Waals surface area contributed by atoms with Crippen molar-refractivity contribution in [3.05, 3.63) is 54.8 Å². The van der Waals surface area contributed by atoms with Gasteiger partial charge in [-0.3, -0.25) is 9.89 Å². The van der Waals surface area contributed by atoms with Crippen molar-refractivity contribution in [1.82, 2.24) is 30.0 Å². The molecule has 282 valence electrons. The number of benzene rings is 2. The quantitative estimate of drug-likeness (QED) is 0.128. The van der Waals surface area contributed by atoms with Crippen LogP contribution in [0.1, 0.15) is 43.7 Å². The number of carbonyl (C=O) groups excluding carboxylic acids is 1. The molecule has 3 saturated heterocycles. The van der Waals surface area contributed by atoms with Crippen molar-refractivity contribution in [3.8, 4) is 22.9 Å². The number of aromatic nitrogens is 4. The van der Waals surface area contributed by atoms with Gasteiger partial charge < -0.3 is 28.9 Å². The van der Waals surface area contributed by atoms with E-state index < -0.39 is 12.8 Å². The molecule has 53 heavy (non-hydrogen) atoms. The number of hydrogen-bond acceptors (Lipinski definition) is 9. The van der Waals surface area contributed by atoms with Crippen molar-refractivity contribution in [3.63, 3.8) is 0 Å². The zero-order valence-electron chi connectivity index (χ0n) is 30.3. The number of hydrogen-bond donors (Lipinski definition) is 1. The Morgan fingerprint density at radius 3 is 2.51 bits per heavy atom. The Hall–Kier alpha value is -4.69. The van der Waals surface area contributed by atoms with Crippen molar-refractivity contribution in [2.45, 2.75) is 51.8 Å². The minimum absolute atomic E-state index is 0.00863. The Balaban J connectivity index is 1.32. The molecule has 0 saturated carbocycles. The van der Waals surface area contributed by atoms with E-state index in [9.17, 15) is 18.0 Å². The van der Waals surface area contributed by atoms with Gasteiger partial charge in [0.1, 0.15) is 17.4 Å². The highest BCUT2D eigenvalue weighted by Gasteiger charge is 2.46. The number of aromatic amines is 1. The molecule has 1 spiro atoms. The summed E-state index contributed by atoms with van der Waals surface area (Å²) >= 11 is 0. The number of rotatable bonds is 12. The summed E-state index contributed by atoms with van der Waals surface area (Å²) in [4.78, 5) is 28.4. The maximum absolute atomic E-state index is 14.0. The number of anilines is 1. The summed E-state index contributed by atoms with van der Waals surface area (Å²) in [6, 6.07) is 5.77. The highest BCUT2D eigenvalue weighted by molar-refractivity contribution is 6.07. The molecule has 1 N–H and O–H groups in total. The number of nitrogens with zero attached hydrogens (tertiary/aromatic N) is 6. The number of fused-ring (bicyclic) bond motifs is 2. The number of piperidine rings is 2. The van der Waals surface area contributed by atoms with Gasteiger partial charge in [-0.05, 0) is 74.4 Å². The lowest BCUT2D eigenvalue weighted by Gasteiger charge is -2.54. The van der Waals surface area contributed by atoms with Gasteiger partial charge in [0.25, 0.3) is 0 Å². The molecule has 2 aromatic carbocycles. The first-order valence-electron chi connectivity index (χ1n) is 18.3. The van der Waals surface area contributed by atoms with Crippen LogP contribution in [-0.4, -0.2) is 114 Å². The molecule has 0 bridgehead atoms. The number of ether oxygens (including phenoxy) is 3. The van der Waals surface area contributed by atoms with E-state index in [2.05, 4.69) is 33.2 Å². The van der Waals surface area contributed by atoms with Gasteiger partial charge in [0.05, 0.1) is 18.3 Å². The predicted octanol–water partition coefficient (Wildman–Crippen LogP) is 6.56. The summed E-state index contributed by atoms with van der Waals surface area (Å²) in [6.45, 7) is 16.5. The maximum Gasteiger partial charge on any atom is 0.422 e. The first-order chi connectivity index (χ1) is 25.5. The largest absolute Gasteiger partial charge is 0.481 e. The third-order valence-corrected chi connectivity index (χ3v) is 10.8. The van der Waals surface area contributed by atoms with E-state index in [1.807, 2.05) is 36.9 Å². The summed E-state index contributed by atoms with van der Waals surface area (Å²) in [7, 11) is 0. The first kappa shape index (κ1) is 36.7. The van der Waals surface area contributed by atoms with Crippen LogP contribution in [0.4, 0.5) is 19.0 Å². The minimum atomic E-state index is -4.61. The average Bonchev–Trinajstić information content (AvgIpc) is 3.62. The molecule has 5 heterocycles. The Labute approximate surface area is 306 Å². The normalized spacial score (nSPS) is 18.1. The molecule has 3 aliphatic heterocycles. The fourth-order valence-corrected chi connectivity index (χ4v) is 7.98. The van der Waals surface area contributed by atoms with Gasteiger partial charge in [0.2, 0.25) is 5.91 Å². The van der Waals surface area contributed by atoms with Crippen molar-refractivity contribution < 1.29 is 32.2 Å². The predicted molar refractivity (Wildman–Crippen MR) is 198 cm³/mol. The number of alkyl halides is 3. The van der Waals surface area contributed by atoms with Crippen LogP contribution in [0.15, 0.2) is 43.6 Å². The summed E-state index contributed by atoms with van der Waals surface area (Å²) in [6.07, 6.45) is 2.99. The molecule has 14 heteroatoms. The Morgan fingerprint density at radius 2 is 1.83 bits per heavy atom. The molecule has 4 aromatic rings. The summed E-state index contributed by atoms with van der Waals surface area (Å²) in [5.74, 6) is 0.483. The zero-order valence-corrected chi connectivity index (χ0v) is 30.3. The molecule has 1 amide bonds. The lowest BCUT2D eigenvalue weighted by atomic mass is 9.72. The topological polar surface area (TPSA) is 109 Å². The monoisotopic (exact) mass is 733 g/mol. The molecule has 0 aliphatic carbocycles. The van der Waals surface area contributed by atoms with Crippen LogP contribution in [0.3, 0.4) is 0 Å². The number of H-pyrrole nitrogens is 1. The Bertz CT molecular complexity index is 1990. The molecule has 7 rings (SSSR count). The fourth-order valence-electron chi connectivity index (χ4n) is 7.98. The molecule has 0 atom stereocenters. The number of amides is 1. The van der Waals surface area contributed by atoms with Crippen molar-refractivity contribution >= 4 is 39.6 Å². The Kier molecular flexibility index (Phi) is 10.4. The molecule has 0 unspecified atom stereocenters. The number of likely N-dealkylation sites (tertiary alicyclic amines) is 2. The van der Waals surface area contributed by atoms with Crippen LogP contribution in [0.2, 0.25) is 0 Å². The van der Waals surface area contributed by atoms with Crippen LogP contribution in [0.5, 0.6) is 11.8 Å². The summed E-state index contributed by atoms with van der Waals surface area (Å²) < 4.78 is 59.8. The molecule has 11 nitrogen and oxygen atoms in total.